The van der Waals surface area contributed by atoms with Crippen molar-refractivity contribution in [2.45, 2.75) is 38.1 Å². The fourth-order valence-electron chi connectivity index (χ4n) is 3.13. The van der Waals surface area contributed by atoms with E-state index in [2.05, 4.69) is 48.6 Å². The van der Waals surface area contributed by atoms with E-state index in [0.29, 0.717) is 6.04 Å². The van der Waals surface area contributed by atoms with Gasteiger partial charge in [-0.1, -0.05) is 48.9 Å². The van der Waals surface area contributed by atoms with Crippen molar-refractivity contribution in [3.8, 4) is 0 Å². The first-order valence-corrected chi connectivity index (χ1v) is 9.00. The fourth-order valence-corrected chi connectivity index (χ4v) is 4.27. The molecule has 1 N–H and O–H groups in total. The van der Waals surface area contributed by atoms with Crippen LogP contribution in [0.15, 0.2) is 42.5 Å². The Morgan fingerprint density at radius 1 is 1.24 bits per heavy atom. The molecule has 1 heterocycles. The van der Waals surface area contributed by atoms with E-state index in [-0.39, 0.29) is 0 Å². The summed E-state index contributed by atoms with van der Waals surface area (Å²) < 4.78 is 0.898. The van der Waals surface area contributed by atoms with Crippen LogP contribution in [0.4, 0.5) is 0 Å². The Morgan fingerprint density at radius 2 is 2.05 bits per heavy atom. The van der Waals surface area contributed by atoms with Crippen molar-refractivity contribution >= 4 is 22.9 Å². The quantitative estimate of drug-likeness (QED) is 0.747. The summed E-state index contributed by atoms with van der Waals surface area (Å²) in [5.74, 6) is 1.50. The number of rotatable bonds is 7. The van der Waals surface area contributed by atoms with Crippen molar-refractivity contribution < 1.29 is 0 Å². The van der Waals surface area contributed by atoms with Gasteiger partial charge in [0.05, 0.1) is 4.34 Å². The summed E-state index contributed by atoms with van der Waals surface area (Å²) >= 11 is 7.78. The lowest BCUT2D eigenvalue weighted by molar-refractivity contribution is 0.455. The Hall–Kier alpha value is -0.830. The highest BCUT2D eigenvalue weighted by Gasteiger charge is 2.43. The molecule has 0 saturated heterocycles. The highest BCUT2D eigenvalue weighted by molar-refractivity contribution is 7.16. The van der Waals surface area contributed by atoms with Crippen LogP contribution < -0.4 is 5.32 Å². The lowest BCUT2D eigenvalue weighted by Crippen LogP contribution is -2.34. The molecule has 3 unspecified atom stereocenters. The van der Waals surface area contributed by atoms with Crippen molar-refractivity contribution in [1.29, 1.82) is 0 Å². The minimum atomic E-state index is 0.574. The topological polar surface area (TPSA) is 12.0 Å². The van der Waals surface area contributed by atoms with Crippen LogP contribution in [-0.4, -0.2) is 12.6 Å². The van der Waals surface area contributed by atoms with E-state index in [1.165, 1.54) is 23.3 Å². The maximum atomic E-state index is 6.07. The molecular formula is C18H22ClNS. The first-order chi connectivity index (χ1) is 10.3. The molecule has 0 amide bonds. The van der Waals surface area contributed by atoms with E-state index in [1.54, 1.807) is 11.3 Å². The van der Waals surface area contributed by atoms with Gasteiger partial charge in [0.15, 0.2) is 0 Å². The minimum Gasteiger partial charge on any atom is -0.313 e. The van der Waals surface area contributed by atoms with Crippen LogP contribution >= 0.6 is 22.9 Å². The van der Waals surface area contributed by atoms with E-state index >= 15 is 0 Å². The lowest BCUT2D eigenvalue weighted by Gasteiger charge is -2.18. The first-order valence-electron chi connectivity index (χ1n) is 7.80. The van der Waals surface area contributed by atoms with Gasteiger partial charge in [0.1, 0.15) is 0 Å². The molecule has 3 heteroatoms. The van der Waals surface area contributed by atoms with E-state index in [1.807, 2.05) is 6.07 Å². The summed E-state index contributed by atoms with van der Waals surface area (Å²) in [6.07, 6.45) is 3.60. The molecule has 2 aromatic rings. The van der Waals surface area contributed by atoms with Crippen LogP contribution in [0.1, 0.15) is 36.1 Å². The molecule has 1 aromatic carbocycles. The zero-order valence-corrected chi connectivity index (χ0v) is 14.0. The molecule has 1 aromatic heterocycles. The van der Waals surface area contributed by atoms with Gasteiger partial charge >= 0.3 is 0 Å². The number of hydrogen-bond acceptors (Lipinski definition) is 2. The number of halogens is 1. The molecule has 0 spiro atoms. The Bertz CT molecular complexity index is 566. The number of benzene rings is 1. The third kappa shape index (κ3) is 3.88. The monoisotopic (exact) mass is 319 g/mol. The predicted octanol–water partition coefficient (Wildman–Crippen LogP) is 5.12. The first kappa shape index (κ1) is 15.1. The lowest BCUT2D eigenvalue weighted by atomic mass is 10.0. The summed E-state index contributed by atoms with van der Waals surface area (Å²) in [7, 11) is 0. The second-order valence-corrected chi connectivity index (χ2v) is 7.69. The van der Waals surface area contributed by atoms with Crippen LogP contribution in [0.5, 0.6) is 0 Å². The van der Waals surface area contributed by atoms with Gasteiger partial charge in [-0.3, -0.25) is 0 Å². The Balaban J connectivity index is 1.66. The summed E-state index contributed by atoms with van der Waals surface area (Å²) in [6, 6.07) is 15.7. The summed E-state index contributed by atoms with van der Waals surface area (Å²) in [5, 5.41) is 3.75. The Kier molecular flexibility index (Phi) is 4.99. The average Bonchev–Trinajstić information content (AvgIpc) is 3.21. The third-order valence-corrected chi connectivity index (χ3v) is 5.54. The Morgan fingerprint density at radius 3 is 2.71 bits per heavy atom. The molecule has 3 atom stereocenters. The van der Waals surface area contributed by atoms with Gasteiger partial charge in [-0.2, -0.15) is 0 Å². The van der Waals surface area contributed by atoms with Gasteiger partial charge in [-0.05, 0) is 55.3 Å². The second kappa shape index (κ2) is 6.95. The molecule has 1 aliphatic rings. The highest BCUT2D eigenvalue weighted by Crippen LogP contribution is 2.50. The van der Waals surface area contributed by atoms with E-state index in [0.717, 1.165) is 29.1 Å². The molecular weight excluding hydrogens is 298 g/mol. The molecule has 3 rings (SSSR count). The maximum absolute atomic E-state index is 6.07. The van der Waals surface area contributed by atoms with Gasteiger partial charge in [-0.25, -0.2) is 0 Å². The highest BCUT2D eigenvalue weighted by atomic mass is 35.5. The molecule has 112 valence electrons. The van der Waals surface area contributed by atoms with Crippen molar-refractivity contribution in [3.05, 3.63) is 57.2 Å². The summed E-state index contributed by atoms with van der Waals surface area (Å²) in [6.45, 7) is 3.33. The average molecular weight is 320 g/mol. The molecule has 1 nitrogen and oxygen atoms in total. The molecule has 0 bridgehead atoms. The molecule has 0 radical (unpaired) electrons. The number of thiophene rings is 1. The maximum Gasteiger partial charge on any atom is 0.0931 e. The van der Waals surface area contributed by atoms with Gasteiger partial charge in [0, 0.05) is 10.9 Å². The van der Waals surface area contributed by atoms with Crippen molar-refractivity contribution in [3.63, 3.8) is 0 Å². The van der Waals surface area contributed by atoms with E-state index < -0.39 is 0 Å². The van der Waals surface area contributed by atoms with Gasteiger partial charge < -0.3 is 5.32 Å². The molecule has 1 saturated carbocycles. The second-order valence-electron chi connectivity index (χ2n) is 5.89. The van der Waals surface area contributed by atoms with Gasteiger partial charge in [-0.15, -0.1) is 11.3 Å². The smallest absolute Gasteiger partial charge is 0.0931 e. The van der Waals surface area contributed by atoms with Crippen LogP contribution in [0.25, 0.3) is 0 Å². The van der Waals surface area contributed by atoms with Gasteiger partial charge in [0.2, 0.25) is 0 Å². The zero-order chi connectivity index (χ0) is 14.7. The standard InChI is InChI=1S/C18H22ClNS/c1-2-10-20-17(11-14-8-9-18(19)21-14)16-12-15(16)13-6-4-3-5-7-13/h3-9,15-17,20H,2,10-12H2,1H3. The van der Waals surface area contributed by atoms with Crippen molar-refractivity contribution in [2.24, 2.45) is 5.92 Å². The number of hydrogen-bond donors (Lipinski definition) is 1. The van der Waals surface area contributed by atoms with Crippen LogP contribution in [0, 0.1) is 5.92 Å². The van der Waals surface area contributed by atoms with E-state index in [4.69, 9.17) is 11.6 Å². The third-order valence-electron chi connectivity index (χ3n) is 4.29. The summed E-state index contributed by atoms with van der Waals surface area (Å²) in [4.78, 5) is 1.40. The van der Waals surface area contributed by atoms with Crippen molar-refractivity contribution in [2.75, 3.05) is 6.54 Å². The molecule has 1 fully saturated rings. The molecule has 21 heavy (non-hydrogen) atoms. The SMILES string of the molecule is CCCNC(Cc1ccc(Cl)s1)C1CC1c1ccccc1. The zero-order valence-electron chi connectivity index (χ0n) is 12.4. The van der Waals surface area contributed by atoms with E-state index in [9.17, 15) is 0 Å². The van der Waals surface area contributed by atoms with Crippen LogP contribution in [0.3, 0.4) is 0 Å². The number of nitrogens with one attached hydrogen (secondary N) is 1. The minimum absolute atomic E-state index is 0.574. The Labute approximate surface area is 136 Å². The molecule has 1 aliphatic carbocycles. The normalized spacial score (nSPS) is 22.2. The molecule has 0 aliphatic heterocycles. The fraction of sp³-hybridized carbons (Fsp3) is 0.444. The van der Waals surface area contributed by atoms with Crippen LogP contribution in [0.2, 0.25) is 4.34 Å². The van der Waals surface area contributed by atoms with Gasteiger partial charge in [0.25, 0.3) is 0 Å². The predicted molar refractivity (Wildman–Crippen MR) is 92.4 cm³/mol. The van der Waals surface area contributed by atoms with Crippen molar-refractivity contribution in [1.82, 2.24) is 5.32 Å². The van der Waals surface area contributed by atoms with Crippen LogP contribution in [-0.2, 0) is 6.42 Å². The largest absolute Gasteiger partial charge is 0.313 e. The summed E-state index contributed by atoms with van der Waals surface area (Å²) in [5.41, 5.74) is 1.50.